The Labute approximate surface area is 411 Å². The summed E-state index contributed by atoms with van der Waals surface area (Å²) >= 11 is 0. The molecule has 0 amide bonds. The highest BCUT2D eigenvalue weighted by Crippen LogP contribution is 2.26. The summed E-state index contributed by atoms with van der Waals surface area (Å²) in [6, 6.07) is 0. The highest BCUT2D eigenvalue weighted by Gasteiger charge is 2.48. The number of carbonyl (C=O) groups excluding carboxylic acids is 1. The van der Waals surface area contributed by atoms with E-state index in [4.69, 9.17) is 18.9 Å². The van der Waals surface area contributed by atoms with E-state index in [0.29, 0.717) is 19.4 Å². The molecule has 6 atom stereocenters. The van der Waals surface area contributed by atoms with Crippen LogP contribution < -0.4 is 0 Å². The van der Waals surface area contributed by atoms with Crippen LogP contribution in [0, 0.1) is 0 Å². The van der Waals surface area contributed by atoms with Crippen molar-refractivity contribution in [2.24, 2.45) is 0 Å². The van der Waals surface area contributed by atoms with Crippen molar-refractivity contribution in [3.05, 3.63) is 109 Å². The van der Waals surface area contributed by atoms with Crippen molar-refractivity contribution in [1.82, 2.24) is 0 Å². The summed E-state index contributed by atoms with van der Waals surface area (Å²) in [6.45, 7) is 3.67. The fourth-order valence-electron chi connectivity index (χ4n) is 7.11. The van der Waals surface area contributed by atoms with Gasteiger partial charge in [-0.05, 0) is 89.9 Å². The molecule has 1 aliphatic heterocycles. The van der Waals surface area contributed by atoms with Crippen molar-refractivity contribution in [1.29, 1.82) is 0 Å². The zero-order valence-electron chi connectivity index (χ0n) is 41.6. The molecule has 0 saturated carbocycles. The third-order valence-corrected chi connectivity index (χ3v) is 11.4. The third-order valence-electron chi connectivity index (χ3n) is 10.9. The minimum atomic E-state index is -5.08. The van der Waals surface area contributed by atoms with E-state index in [9.17, 15) is 33.1 Å². The van der Waals surface area contributed by atoms with Crippen LogP contribution in [0.4, 0.5) is 0 Å². The molecule has 1 aliphatic rings. The quantitative estimate of drug-likeness (QED) is 0.0197. The Kier molecular flexibility index (Phi) is 41.5. The largest absolute Gasteiger partial charge is 0.457 e. The van der Waals surface area contributed by atoms with Gasteiger partial charge in [0.2, 0.25) is 0 Å². The molecule has 0 radical (unpaired) electrons. The van der Waals surface area contributed by atoms with Crippen molar-refractivity contribution >= 4 is 16.4 Å². The van der Waals surface area contributed by atoms with E-state index in [0.717, 1.165) is 83.5 Å². The maximum absolute atomic E-state index is 12.9. The summed E-state index contributed by atoms with van der Waals surface area (Å²) in [6.07, 6.45) is 54.1. The maximum Gasteiger partial charge on any atom is 0.397 e. The Balaban J connectivity index is 2.39. The summed E-state index contributed by atoms with van der Waals surface area (Å²) in [5.74, 6) is -0.460. The Morgan fingerprint density at radius 3 is 1.41 bits per heavy atom. The smallest absolute Gasteiger partial charge is 0.397 e. The lowest BCUT2D eigenvalue weighted by Gasteiger charge is -2.41. The first kappa shape index (κ1) is 62.8. The van der Waals surface area contributed by atoms with Crippen LogP contribution in [-0.2, 0) is 38.3 Å². The molecule has 0 spiro atoms. The number of carbonyl (C=O) groups is 1. The Morgan fingerprint density at radius 1 is 0.559 bits per heavy atom. The van der Waals surface area contributed by atoms with Gasteiger partial charge in [0.05, 0.1) is 19.8 Å². The second-order valence-corrected chi connectivity index (χ2v) is 18.0. The number of rotatable bonds is 43. The second kappa shape index (κ2) is 44.9. The van der Waals surface area contributed by atoms with Gasteiger partial charge in [0.15, 0.2) is 6.29 Å². The zero-order chi connectivity index (χ0) is 49.6. The van der Waals surface area contributed by atoms with Gasteiger partial charge in [0.25, 0.3) is 0 Å². The minimum Gasteiger partial charge on any atom is -0.457 e. The van der Waals surface area contributed by atoms with Crippen molar-refractivity contribution in [3.63, 3.8) is 0 Å². The number of hydrogen-bond acceptors (Lipinski definition) is 11. The lowest BCUT2D eigenvalue weighted by Crippen LogP contribution is -2.60. The molecule has 68 heavy (non-hydrogen) atoms. The summed E-state index contributed by atoms with van der Waals surface area (Å²) < 4.78 is 59.2. The molecule has 1 heterocycles. The third kappa shape index (κ3) is 37.6. The maximum atomic E-state index is 12.9. The van der Waals surface area contributed by atoms with Gasteiger partial charge in [-0.2, -0.15) is 8.42 Å². The SMILES string of the molecule is CC/C=C\C/C=C\C/C=C\C/C=C\C/C=C\CCCC(=O)OC(COCCCCCCCCCCCCC/C=C\C/C=C\C/C=C\C/C=C\CC)COC1OC(CO)C(O)C(OS(=O)(=O)O)C1O. The van der Waals surface area contributed by atoms with Crippen LogP contribution in [0.15, 0.2) is 109 Å². The fourth-order valence-corrected chi connectivity index (χ4v) is 7.62. The molecule has 0 aromatic carbocycles. The summed E-state index contributed by atoms with van der Waals surface area (Å²) in [5, 5.41) is 30.8. The van der Waals surface area contributed by atoms with E-state index in [1.165, 1.54) is 51.4 Å². The zero-order valence-corrected chi connectivity index (χ0v) is 42.4. The summed E-state index contributed by atoms with van der Waals surface area (Å²) in [4.78, 5) is 12.9. The lowest BCUT2D eigenvalue weighted by atomic mass is 9.99. The molecule has 388 valence electrons. The van der Waals surface area contributed by atoms with E-state index < -0.39 is 59.8 Å². The van der Waals surface area contributed by atoms with Crippen molar-refractivity contribution in [2.45, 2.75) is 205 Å². The Hall–Kier alpha value is -3.24. The van der Waals surface area contributed by atoms with Gasteiger partial charge < -0.3 is 34.3 Å². The number of aliphatic hydroxyl groups is 3. The average Bonchev–Trinajstić information content (AvgIpc) is 3.31. The Bertz CT molecular complexity index is 1590. The van der Waals surface area contributed by atoms with Crippen LogP contribution in [0.5, 0.6) is 0 Å². The highest BCUT2D eigenvalue weighted by molar-refractivity contribution is 7.80. The van der Waals surface area contributed by atoms with Crippen molar-refractivity contribution < 1.29 is 56.2 Å². The topological polar surface area (TPSA) is 178 Å². The first-order valence-corrected chi connectivity index (χ1v) is 27.0. The molecule has 0 aliphatic carbocycles. The first-order valence-electron chi connectivity index (χ1n) is 25.6. The van der Waals surface area contributed by atoms with Crippen molar-refractivity contribution in [2.75, 3.05) is 26.4 Å². The molecule has 0 aromatic rings. The van der Waals surface area contributed by atoms with Crippen LogP contribution in [0.1, 0.15) is 168 Å². The minimum absolute atomic E-state index is 0.00374. The van der Waals surface area contributed by atoms with E-state index in [1.54, 1.807) is 0 Å². The van der Waals surface area contributed by atoms with Crippen LogP contribution in [0.3, 0.4) is 0 Å². The average molecular weight is 975 g/mol. The van der Waals surface area contributed by atoms with Gasteiger partial charge in [0, 0.05) is 13.0 Å². The van der Waals surface area contributed by atoms with Gasteiger partial charge in [0.1, 0.15) is 30.5 Å². The summed E-state index contributed by atoms with van der Waals surface area (Å²) in [7, 11) is -5.08. The molecular formula is C55H90O12S. The molecule has 12 nitrogen and oxygen atoms in total. The van der Waals surface area contributed by atoms with Gasteiger partial charge in [-0.3, -0.25) is 9.35 Å². The number of esters is 1. The van der Waals surface area contributed by atoms with E-state index >= 15 is 0 Å². The number of allylic oxidation sites excluding steroid dienone is 18. The standard InChI is InChI=1S/C55H90O12S/c1-3-5-7-9-11-13-15-17-19-21-22-23-24-25-26-27-29-31-33-35-37-39-41-43-45-63-47-49(48-64-55-53(59)54(67-68(60,61)62)52(58)50(46-56)66-55)65-51(57)44-42-40-38-36-34-32-30-28-20-18-16-14-12-10-8-6-4-2/h5-8,11-14,17-20,22-23,30,32,36,38,49-50,52-56,58-59H,3-4,9-10,15-16,21,24-29,31,33-35,37,39-48H2,1-2H3,(H,60,61,62)/b7-5-,8-6-,13-11-,14-12-,19-17-,20-18-,23-22-,32-30-,38-36-. The van der Waals surface area contributed by atoms with Crippen LogP contribution in [0.25, 0.3) is 0 Å². The number of ether oxygens (including phenoxy) is 4. The molecule has 13 heteroatoms. The molecule has 0 bridgehead atoms. The monoisotopic (exact) mass is 975 g/mol. The van der Waals surface area contributed by atoms with Crippen molar-refractivity contribution in [3.8, 4) is 0 Å². The van der Waals surface area contributed by atoms with Gasteiger partial charge in [-0.1, -0.05) is 181 Å². The first-order chi connectivity index (χ1) is 33.1. The predicted molar refractivity (Wildman–Crippen MR) is 275 cm³/mol. The number of aliphatic hydroxyl groups excluding tert-OH is 3. The van der Waals surface area contributed by atoms with E-state index in [2.05, 4.69) is 121 Å². The van der Waals surface area contributed by atoms with Gasteiger partial charge >= 0.3 is 16.4 Å². The van der Waals surface area contributed by atoms with Gasteiger partial charge in [-0.25, -0.2) is 4.18 Å². The molecule has 1 saturated heterocycles. The number of hydrogen-bond donors (Lipinski definition) is 4. The van der Waals surface area contributed by atoms with Crippen LogP contribution >= 0.6 is 0 Å². The molecule has 1 rings (SSSR count). The molecular weight excluding hydrogens is 885 g/mol. The highest BCUT2D eigenvalue weighted by atomic mass is 32.3. The number of unbranched alkanes of at least 4 members (excludes halogenated alkanes) is 12. The Morgan fingerprint density at radius 2 is 0.971 bits per heavy atom. The van der Waals surface area contributed by atoms with E-state index in [-0.39, 0.29) is 19.6 Å². The molecule has 0 aromatic heterocycles. The molecule has 1 fully saturated rings. The second-order valence-electron chi connectivity index (χ2n) is 17.0. The molecule has 4 N–H and O–H groups in total. The van der Waals surface area contributed by atoms with Gasteiger partial charge in [-0.15, -0.1) is 0 Å². The van der Waals surface area contributed by atoms with E-state index in [1.807, 2.05) is 6.08 Å². The molecule has 6 unspecified atom stereocenters. The normalized spacial score (nSPS) is 20.2. The fraction of sp³-hybridized carbons (Fsp3) is 0.655. The predicted octanol–water partition coefficient (Wildman–Crippen LogP) is 12.0. The van der Waals surface area contributed by atoms with Crippen LogP contribution in [0.2, 0.25) is 0 Å². The summed E-state index contributed by atoms with van der Waals surface area (Å²) in [5.41, 5.74) is 0. The van der Waals surface area contributed by atoms with Crippen LogP contribution in [-0.4, -0.2) is 97.5 Å². The lowest BCUT2D eigenvalue weighted by molar-refractivity contribution is -0.301.